The van der Waals surface area contributed by atoms with Crippen molar-refractivity contribution >= 4 is 27.7 Å². The van der Waals surface area contributed by atoms with E-state index in [4.69, 9.17) is 9.15 Å². The normalized spacial score (nSPS) is 10.1. The zero-order chi connectivity index (χ0) is 16.1. The highest BCUT2D eigenvalue weighted by Gasteiger charge is 2.14. The van der Waals surface area contributed by atoms with E-state index < -0.39 is 11.8 Å². The number of hydrogen-bond donors (Lipinski definition) is 2. The topological polar surface area (TPSA) is 80.6 Å². The Labute approximate surface area is 135 Å². The Balaban J connectivity index is 1.79. The lowest BCUT2D eigenvalue weighted by atomic mass is 10.2. The zero-order valence-corrected chi connectivity index (χ0v) is 13.7. The number of amides is 2. The summed E-state index contributed by atoms with van der Waals surface area (Å²) in [5.74, 6) is 0.786. The van der Waals surface area contributed by atoms with Crippen LogP contribution in [0.25, 0.3) is 0 Å². The van der Waals surface area contributed by atoms with Crippen molar-refractivity contribution in [2.24, 2.45) is 0 Å². The molecule has 2 N–H and O–H groups in total. The van der Waals surface area contributed by atoms with Crippen LogP contribution in [0.15, 0.2) is 39.2 Å². The molecular weight excluding hydrogens is 352 g/mol. The van der Waals surface area contributed by atoms with Gasteiger partial charge in [-0.05, 0) is 44.2 Å². The molecule has 0 aliphatic carbocycles. The van der Waals surface area contributed by atoms with Gasteiger partial charge in [0.1, 0.15) is 17.3 Å². The fraction of sp³-hybridized carbons (Fsp3) is 0.200. The molecule has 0 unspecified atom stereocenters. The summed E-state index contributed by atoms with van der Waals surface area (Å²) in [4.78, 5) is 23.5. The second-order valence-electron chi connectivity index (χ2n) is 4.57. The minimum atomic E-state index is -0.464. The smallest absolute Gasteiger partial charge is 0.276 e. The highest BCUT2D eigenvalue weighted by atomic mass is 79.9. The van der Waals surface area contributed by atoms with E-state index in [-0.39, 0.29) is 6.61 Å². The summed E-state index contributed by atoms with van der Waals surface area (Å²) in [6.07, 6.45) is 0. The van der Waals surface area contributed by atoms with Crippen molar-refractivity contribution in [2.45, 2.75) is 13.8 Å². The van der Waals surface area contributed by atoms with Gasteiger partial charge in [0.25, 0.3) is 11.8 Å². The Bertz CT molecular complexity index is 679. The number of furan rings is 1. The third-order valence-corrected chi connectivity index (χ3v) is 3.31. The first-order valence-electron chi connectivity index (χ1n) is 6.50. The summed E-state index contributed by atoms with van der Waals surface area (Å²) in [5.41, 5.74) is 4.98. The largest absolute Gasteiger partial charge is 0.484 e. The lowest BCUT2D eigenvalue weighted by molar-refractivity contribution is -0.123. The lowest BCUT2D eigenvalue weighted by Crippen LogP contribution is -2.43. The molecule has 0 saturated heterocycles. The maximum atomic E-state index is 11.9. The minimum absolute atomic E-state index is 0.203. The molecule has 0 aliphatic rings. The summed E-state index contributed by atoms with van der Waals surface area (Å²) >= 11 is 3.31. The molecule has 1 aromatic carbocycles. The van der Waals surface area contributed by atoms with E-state index in [1.54, 1.807) is 44.2 Å². The lowest BCUT2D eigenvalue weighted by Gasteiger charge is -2.08. The second kappa shape index (κ2) is 7.13. The molecule has 2 aromatic rings. The first-order chi connectivity index (χ1) is 10.5. The number of carbonyl (C=O) groups is 2. The Morgan fingerprint density at radius 3 is 2.45 bits per heavy atom. The third-order valence-electron chi connectivity index (χ3n) is 2.78. The van der Waals surface area contributed by atoms with Crippen LogP contribution in [0.3, 0.4) is 0 Å². The minimum Gasteiger partial charge on any atom is -0.484 e. The van der Waals surface area contributed by atoms with Crippen LogP contribution in [-0.4, -0.2) is 18.4 Å². The van der Waals surface area contributed by atoms with E-state index in [1.165, 1.54) is 0 Å². The van der Waals surface area contributed by atoms with Crippen molar-refractivity contribution in [3.63, 3.8) is 0 Å². The van der Waals surface area contributed by atoms with Crippen molar-refractivity contribution in [1.82, 2.24) is 10.9 Å². The summed E-state index contributed by atoms with van der Waals surface area (Å²) < 4.78 is 11.5. The van der Waals surface area contributed by atoms with E-state index in [2.05, 4.69) is 26.8 Å². The van der Waals surface area contributed by atoms with Gasteiger partial charge in [-0.25, -0.2) is 0 Å². The third kappa shape index (κ3) is 4.36. The molecule has 7 heteroatoms. The van der Waals surface area contributed by atoms with Gasteiger partial charge in [-0.3, -0.25) is 20.4 Å². The molecular formula is C15H15BrN2O4. The maximum Gasteiger partial charge on any atom is 0.276 e. The number of hydrogen-bond acceptors (Lipinski definition) is 4. The van der Waals surface area contributed by atoms with Gasteiger partial charge in [-0.2, -0.15) is 0 Å². The molecule has 0 saturated carbocycles. The average molecular weight is 367 g/mol. The van der Waals surface area contributed by atoms with Crippen LogP contribution in [0.1, 0.15) is 21.9 Å². The van der Waals surface area contributed by atoms with Crippen molar-refractivity contribution in [3.8, 4) is 5.75 Å². The predicted molar refractivity (Wildman–Crippen MR) is 83.4 cm³/mol. The van der Waals surface area contributed by atoms with Crippen molar-refractivity contribution < 1.29 is 18.7 Å². The average Bonchev–Trinajstić information content (AvgIpc) is 2.83. The van der Waals surface area contributed by atoms with Gasteiger partial charge < -0.3 is 9.15 Å². The van der Waals surface area contributed by atoms with Gasteiger partial charge in [0.05, 0.1) is 5.56 Å². The Kier molecular flexibility index (Phi) is 5.21. The second-order valence-corrected chi connectivity index (χ2v) is 5.49. The molecule has 6 nitrogen and oxygen atoms in total. The van der Waals surface area contributed by atoms with Crippen LogP contribution >= 0.6 is 15.9 Å². The number of benzene rings is 1. The molecule has 0 bridgehead atoms. The molecule has 1 aromatic heterocycles. The van der Waals surface area contributed by atoms with Crippen LogP contribution in [0.2, 0.25) is 0 Å². The van der Waals surface area contributed by atoms with E-state index in [9.17, 15) is 9.59 Å². The fourth-order valence-corrected chi connectivity index (χ4v) is 2.03. The zero-order valence-electron chi connectivity index (χ0n) is 12.1. The molecule has 0 fully saturated rings. The Morgan fingerprint density at radius 1 is 1.18 bits per heavy atom. The molecule has 22 heavy (non-hydrogen) atoms. The van der Waals surface area contributed by atoms with E-state index >= 15 is 0 Å². The molecule has 1 heterocycles. The maximum absolute atomic E-state index is 11.9. The summed E-state index contributed by atoms with van der Waals surface area (Å²) in [6.45, 7) is 3.22. The van der Waals surface area contributed by atoms with Gasteiger partial charge in [-0.15, -0.1) is 0 Å². The number of rotatable bonds is 4. The molecule has 0 atom stereocenters. The summed E-state index contributed by atoms with van der Waals surface area (Å²) in [5, 5.41) is 0. The van der Waals surface area contributed by atoms with Crippen LogP contribution in [0.4, 0.5) is 0 Å². The fourth-order valence-electron chi connectivity index (χ4n) is 1.77. The van der Waals surface area contributed by atoms with Crippen LogP contribution in [0.5, 0.6) is 5.75 Å². The molecule has 2 rings (SSSR count). The molecule has 116 valence electrons. The summed E-state index contributed by atoms with van der Waals surface area (Å²) in [6, 6.07) is 8.67. The first kappa shape index (κ1) is 16.1. The number of ether oxygens (including phenoxy) is 1. The monoisotopic (exact) mass is 366 g/mol. The molecule has 2 amide bonds. The van der Waals surface area contributed by atoms with Gasteiger partial charge in [0.15, 0.2) is 6.61 Å². The van der Waals surface area contributed by atoms with Gasteiger partial charge in [-0.1, -0.05) is 15.9 Å². The molecule has 0 spiro atoms. The summed E-state index contributed by atoms with van der Waals surface area (Å²) in [7, 11) is 0. The van der Waals surface area contributed by atoms with Crippen molar-refractivity contribution in [3.05, 3.63) is 51.9 Å². The Hall–Kier alpha value is -2.28. The quantitative estimate of drug-likeness (QED) is 0.814. The van der Waals surface area contributed by atoms with Crippen molar-refractivity contribution in [2.75, 3.05) is 6.61 Å². The standard InChI is InChI=1S/C15H15BrN2O4/c1-9-7-13(10(2)22-9)15(20)18-17-14(19)8-21-12-5-3-11(16)4-6-12/h3-7H,8H2,1-2H3,(H,17,19)(H,18,20). The van der Waals surface area contributed by atoms with Crippen LogP contribution in [-0.2, 0) is 4.79 Å². The highest BCUT2D eigenvalue weighted by molar-refractivity contribution is 9.10. The molecule has 0 aliphatic heterocycles. The number of carbonyl (C=O) groups excluding carboxylic acids is 2. The number of hydrazine groups is 1. The van der Waals surface area contributed by atoms with Crippen LogP contribution in [0, 0.1) is 13.8 Å². The number of aryl methyl sites for hydroxylation is 2. The van der Waals surface area contributed by atoms with E-state index in [1.807, 2.05) is 0 Å². The highest BCUT2D eigenvalue weighted by Crippen LogP contribution is 2.16. The SMILES string of the molecule is Cc1cc(C(=O)NNC(=O)COc2ccc(Br)cc2)c(C)o1. The predicted octanol–water partition coefficient (Wildman–Crippen LogP) is 2.50. The van der Waals surface area contributed by atoms with Crippen molar-refractivity contribution in [1.29, 1.82) is 0 Å². The first-order valence-corrected chi connectivity index (χ1v) is 7.29. The van der Waals surface area contributed by atoms with E-state index in [0.717, 1.165) is 4.47 Å². The van der Waals surface area contributed by atoms with Gasteiger partial charge in [0, 0.05) is 4.47 Å². The molecule has 0 radical (unpaired) electrons. The van der Waals surface area contributed by atoms with Crippen LogP contribution < -0.4 is 15.6 Å². The van der Waals surface area contributed by atoms with Gasteiger partial charge >= 0.3 is 0 Å². The number of halogens is 1. The number of nitrogens with one attached hydrogen (secondary N) is 2. The Morgan fingerprint density at radius 2 is 1.86 bits per heavy atom. The van der Waals surface area contributed by atoms with E-state index in [0.29, 0.717) is 22.8 Å². The van der Waals surface area contributed by atoms with Gasteiger partial charge in [0.2, 0.25) is 0 Å².